The average Bonchev–Trinajstić information content (AvgIpc) is 2.05. The standard InChI is InChI=1S/C9H18O2/c1-4-6-7-8-11-9(5-2)10-3/h4,9H,1,5-8H2,2-3H3/t9-/m0/s1. The minimum atomic E-state index is -0.0279. The first kappa shape index (κ1) is 10.7. The van der Waals surface area contributed by atoms with Gasteiger partial charge in [-0.3, -0.25) is 0 Å². The molecule has 0 aromatic carbocycles. The molecule has 0 heterocycles. The summed E-state index contributed by atoms with van der Waals surface area (Å²) < 4.78 is 10.4. The average molecular weight is 158 g/mol. The summed E-state index contributed by atoms with van der Waals surface area (Å²) in [6.45, 7) is 6.44. The Labute approximate surface area is 69.2 Å². The first-order chi connectivity index (χ1) is 5.35. The van der Waals surface area contributed by atoms with Crippen molar-refractivity contribution in [1.82, 2.24) is 0 Å². The topological polar surface area (TPSA) is 18.5 Å². The van der Waals surface area contributed by atoms with Gasteiger partial charge in [0.1, 0.15) is 0 Å². The molecule has 2 nitrogen and oxygen atoms in total. The minimum Gasteiger partial charge on any atom is -0.356 e. The summed E-state index contributed by atoms with van der Waals surface area (Å²) >= 11 is 0. The molecule has 0 spiro atoms. The summed E-state index contributed by atoms with van der Waals surface area (Å²) in [5.41, 5.74) is 0. The van der Waals surface area contributed by atoms with Gasteiger partial charge in [-0.15, -0.1) is 6.58 Å². The first-order valence-electron chi connectivity index (χ1n) is 4.10. The van der Waals surface area contributed by atoms with Crippen LogP contribution < -0.4 is 0 Å². The van der Waals surface area contributed by atoms with E-state index in [1.165, 1.54) is 0 Å². The van der Waals surface area contributed by atoms with Crippen LogP contribution in [0, 0.1) is 0 Å². The Morgan fingerprint density at radius 1 is 1.55 bits per heavy atom. The Hall–Kier alpha value is -0.340. The van der Waals surface area contributed by atoms with Crippen molar-refractivity contribution < 1.29 is 9.47 Å². The van der Waals surface area contributed by atoms with Crippen molar-refractivity contribution in [3.63, 3.8) is 0 Å². The Balaban J connectivity index is 3.13. The van der Waals surface area contributed by atoms with Gasteiger partial charge in [0.05, 0.1) is 6.61 Å². The minimum absolute atomic E-state index is 0.0279. The highest BCUT2D eigenvalue weighted by molar-refractivity contribution is 4.64. The van der Waals surface area contributed by atoms with Gasteiger partial charge in [0.25, 0.3) is 0 Å². The lowest BCUT2D eigenvalue weighted by Crippen LogP contribution is -2.14. The maximum absolute atomic E-state index is 5.37. The molecule has 0 saturated carbocycles. The SMILES string of the molecule is C=CCCCO[C@@H](CC)OC. The molecule has 0 amide bonds. The van der Waals surface area contributed by atoms with E-state index >= 15 is 0 Å². The van der Waals surface area contributed by atoms with Gasteiger partial charge >= 0.3 is 0 Å². The number of allylic oxidation sites excluding steroid dienone is 1. The van der Waals surface area contributed by atoms with E-state index in [0.29, 0.717) is 0 Å². The molecule has 0 aromatic heterocycles. The second-order valence-corrected chi connectivity index (χ2v) is 2.38. The number of ether oxygens (including phenoxy) is 2. The maximum Gasteiger partial charge on any atom is 0.156 e. The third kappa shape index (κ3) is 6.07. The molecule has 0 aliphatic heterocycles. The maximum atomic E-state index is 5.37. The van der Waals surface area contributed by atoms with E-state index in [-0.39, 0.29) is 6.29 Å². The van der Waals surface area contributed by atoms with Crippen molar-refractivity contribution in [2.45, 2.75) is 32.5 Å². The van der Waals surface area contributed by atoms with E-state index in [1.807, 2.05) is 13.0 Å². The van der Waals surface area contributed by atoms with Crippen molar-refractivity contribution in [1.29, 1.82) is 0 Å². The molecule has 0 saturated heterocycles. The summed E-state index contributed by atoms with van der Waals surface area (Å²) in [6, 6.07) is 0. The molecular formula is C9H18O2. The van der Waals surface area contributed by atoms with E-state index in [9.17, 15) is 0 Å². The largest absolute Gasteiger partial charge is 0.356 e. The van der Waals surface area contributed by atoms with Crippen LogP contribution >= 0.6 is 0 Å². The van der Waals surface area contributed by atoms with Crippen molar-refractivity contribution in [2.75, 3.05) is 13.7 Å². The molecule has 0 bridgehead atoms. The quantitative estimate of drug-likeness (QED) is 0.321. The van der Waals surface area contributed by atoms with Crippen molar-refractivity contribution in [3.05, 3.63) is 12.7 Å². The number of methoxy groups -OCH3 is 1. The summed E-state index contributed by atoms with van der Waals surface area (Å²) in [4.78, 5) is 0. The zero-order valence-corrected chi connectivity index (χ0v) is 7.51. The van der Waals surface area contributed by atoms with E-state index in [2.05, 4.69) is 6.58 Å². The van der Waals surface area contributed by atoms with Crippen molar-refractivity contribution in [2.24, 2.45) is 0 Å². The van der Waals surface area contributed by atoms with Crippen LogP contribution in [0.3, 0.4) is 0 Å². The molecule has 0 aliphatic rings. The van der Waals surface area contributed by atoms with Crippen LogP contribution in [0.1, 0.15) is 26.2 Å². The lowest BCUT2D eigenvalue weighted by atomic mass is 10.3. The van der Waals surface area contributed by atoms with Gasteiger partial charge in [-0.25, -0.2) is 0 Å². The fourth-order valence-corrected chi connectivity index (χ4v) is 0.795. The number of hydrogen-bond acceptors (Lipinski definition) is 2. The molecule has 66 valence electrons. The molecule has 0 unspecified atom stereocenters. The molecular weight excluding hydrogens is 140 g/mol. The third-order valence-corrected chi connectivity index (χ3v) is 1.45. The highest BCUT2D eigenvalue weighted by Crippen LogP contribution is 2.00. The smallest absolute Gasteiger partial charge is 0.156 e. The fraction of sp³-hybridized carbons (Fsp3) is 0.778. The highest BCUT2D eigenvalue weighted by atomic mass is 16.7. The monoisotopic (exact) mass is 158 g/mol. The molecule has 0 N–H and O–H groups in total. The Bertz CT molecular complexity index is 87.6. The summed E-state index contributed by atoms with van der Waals surface area (Å²) in [5, 5.41) is 0. The van der Waals surface area contributed by atoms with Gasteiger partial charge in [0.15, 0.2) is 6.29 Å². The third-order valence-electron chi connectivity index (χ3n) is 1.45. The van der Waals surface area contributed by atoms with Crippen LogP contribution in [-0.2, 0) is 9.47 Å². The second kappa shape index (κ2) is 7.76. The molecule has 11 heavy (non-hydrogen) atoms. The zero-order valence-electron chi connectivity index (χ0n) is 7.51. The number of hydrogen-bond donors (Lipinski definition) is 0. The second-order valence-electron chi connectivity index (χ2n) is 2.38. The molecule has 1 atom stereocenters. The van der Waals surface area contributed by atoms with E-state index < -0.39 is 0 Å². The van der Waals surface area contributed by atoms with E-state index in [1.54, 1.807) is 7.11 Å². The predicted octanol–water partition coefficient (Wildman–Crippen LogP) is 2.35. The van der Waals surface area contributed by atoms with Crippen LogP contribution in [0.5, 0.6) is 0 Å². The molecule has 0 radical (unpaired) electrons. The van der Waals surface area contributed by atoms with Crippen LogP contribution in [0.2, 0.25) is 0 Å². The molecule has 2 heteroatoms. The van der Waals surface area contributed by atoms with Gasteiger partial charge in [0, 0.05) is 7.11 Å². The van der Waals surface area contributed by atoms with Crippen molar-refractivity contribution >= 4 is 0 Å². The Kier molecular flexibility index (Phi) is 7.52. The molecule has 0 aliphatic carbocycles. The van der Waals surface area contributed by atoms with Gasteiger partial charge in [-0.2, -0.15) is 0 Å². The normalized spacial score (nSPS) is 12.9. The van der Waals surface area contributed by atoms with Crippen molar-refractivity contribution in [3.8, 4) is 0 Å². The molecule has 0 fully saturated rings. The van der Waals surface area contributed by atoms with Crippen LogP contribution in [-0.4, -0.2) is 20.0 Å². The lowest BCUT2D eigenvalue weighted by molar-refractivity contribution is -0.125. The Morgan fingerprint density at radius 3 is 2.73 bits per heavy atom. The number of rotatable bonds is 7. The lowest BCUT2D eigenvalue weighted by Gasteiger charge is -2.13. The molecule has 0 rings (SSSR count). The van der Waals surface area contributed by atoms with Gasteiger partial charge in [-0.05, 0) is 19.3 Å². The van der Waals surface area contributed by atoms with E-state index in [4.69, 9.17) is 9.47 Å². The Morgan fingerprint density at radius 2 is 2.27 bits per heavy atom. The fourth-order valence-electron chi connectivity index (χ4n) is 0.795. The summed E-state index contributed by atoms with van der Waals surface area (Å²) in [7, 11) is 1.67. The van der Waals surface area contributed by atoms with Crippen LogP contribution in [0.25, 0.3) is 0 Å². The van der Waals surface area contributed by atoms with E-state index in [0.717, 1.165) is 25.9 Å². The number of unbranched alkanes of at least 4 members (excludes halogenated alkanes) is 1. The van der Waals surface area contributed by atoms with Gasteiger partial charge in [0.2, 0.25) is 0 Å². The summed E-state index contributed by atoms with van der Waals surface area (Å²) in [6.07, 6.45) is 4.82. The van der Waals surface area contributed by atoms with Gasteiger partial charge in [-0.1, -0.05) is 13.0 Å². The first-order valence-corrected chi connectivity index (χ1v) is 4.10. The predicted molar refractivity (Wildman–Crippen MR) is 46.5 cm³/mol. The molecule has 0 aromatic rings. The highest BCUT2D eigenvalue weighted by Gasteiger charge is 2.01. The summed E-state index contributed by atoms with van der Waals surface area (Å²) in [5.74, 6) is 0. The zero-order chi connectivity index (χ0) is 8.53. The van der Waals surface area contributed by atoms with Crippen LogP contribution in [0.15, 0.2) is 12.7 Å². The van der Waals surface area contributed by atoms with Crippen LogP contribution in [0.4, 0.5) is 0 Å². The van der Waals surface area contributed by atoms with Gasteiger partial charge < -0.3 is 9.47 Å².